The zero-order valence-electron chi connectivity index (χ0n) is 15.1. The molecule has 0 aliphatic heterocycles. The van der Waals surface area contributed by atoms with Gasteiger partial charge in [-0.3, -0.25) is 0 Å². The van der Waals surface area contributed by atoms with E-state index in [1.807, 2.05) is 66.3 Å². The van der Waals surface area contributed by atoms with Gasteiger partial charge in [-0.2, -0.15) is 5.10 Å². The minimum absolute atomic E-state index is 0.566. The number of rotatable bonds is 5. The molecule has 6 heteroatoms. The average molecular weight is 373 g/mol. The van der Waals surface area contributed by atoms with Gasteiger partial charge >= 0.3 is 0 Å². The normalized spacial score (nSPS) is 10.7. The van der Waals surface area contributed by atoms with E-state index in [0.717, 1.165) is 28.3 Å². The monoisotopic (exact) mass is 373 g/mol. The van der Waals surface area contributed by atoms with Crippen molar-refractivity contribution in [3.63, 3.8) is 0 Å². The van der Waals surface area contributed by atoms with E-state index in [0.29, 0.717) is 5.95 Å². The first-order valence-electron chi connectivity index (χ1n) is 8.59. The SMILES string of the molecule is CSc1ccc(Nc2nccc(-c3cn(-c4ccccc4)nc3C)n2)cc1. The van der Waals surface area contributed by atoms with E-state index in [4.69, 9.17) is 0 Å². The molecular formula is C21H19N5S. The maximum Gasteiger partial charge on any atom is 0.227 e. The summed E-state index contributed by atoms with van der Waals surface area (Å²) in [4.78, 5) is 10.2. The molecule has 4 aromatic rings. The van der Waals surface area contributed by atoms with Gasteiger partial charge in [-0.25, -0.2) is 14.6 Å². The molecule has 0 saturated carbocycles. The van der Waals surface area contributed by atoms with Gasteiger partial charge in [0, 0.05) is 28.5 Å². The van der Waals surface area contributed by atoms with E-state index in [2.05, 4.69) is 38.8 Å². The number of nitrogens with one attached hydrogen (secondary N) is 1. The Morgan fingerprint density at radius 1 is 0.963 bits per heavy atom. The number of aromatic nitrogens is 4. The number of para-hydroxylation sites is 1. The first-order valence-corrected chi connectivity index (χ1v) is 9.81. The van der Waals surface area contributed by atoms with Crippen molar-refractivity contribution >= 4 is 23.4 Å². The molecule has 0 atom stereocenters. The summed E-state index contributed by atoms with van der Waals surface area (Å²) in [7, 11) is 0. The Balaban J connectivity index is 1.61. The molecule has 0 fully saturated rings. The second-order valence-electron chi connectivity index (χ2n) is 6.03. The molecule has 1 N–H and O–H groups in total. The van der Waals surface area contributed by atoms with Crippen LogP contribution in [-0.4, -0.2) is 26.0 Å². The van der Waals surface area contributed by atoms with Crippen LogP contribution in [0.1, 0.15) is 5.69 Å². The Hall–Kier alpha value is -3.12. The second-order valence-corrected chi connectivity index (χ2v) is 6.91. The summed E-state index contributed by atoms with van der Waals surface area (Å²) in [6, 6.07) is 20.2. The number of benzene rings is 2. The molecule has 0 saturated heterocycles. The maximum absolute atomic E-state index is 4.67. The van der Waals surface area contributed by atoms with Crippen LogP contribution in [0.2, 0.25) is 0 Å². The number of anilines is 2. The summed E-state index contributed by atoms with van der Waals surface area (Å²) in [5.41, 5.74) is 4.73. The standard InChI is InChI=1S/C21H19N5S/c1-15-19(14-26(25-15)17-6-4-3-5-7-17)20-12-13-22-21(24-20)23-16-8-10-18(27-2)11-9-16/h3-14H,1-2H3,(H,22,23,24). The van der Waals surface area contributed by atoms with Gasteiger partial charge in [-0.05, 0) is 55.6 Å². The van der Waals surface area contributed by atoms with E-state index in [1.54, 1.807) is 18.0 Å². The van der Waals surface area contributed by atoms with Crippen LogP contribution in [0, 0.1) is 6.92 Å². The predicted molar refractivity (Wildman–Crippen MR) is 111 cm³/mol. The minimum Gasteiger partial charge on any atom is -0.324 e. The third-order valence-electron chi connectivity index (χ3n) is 4.20. The molecule has 0 amide bonds. The maximum atomic E-state index is 4.67. The lowest BCUT2D eigenvalue weighted by molar-refractivity contribution is 0.863. The summed E-state index contributed by atoms with van der Waals surface area (Å²) < 4.78 is 1.88. The van der Waals surface area contributed by atoms with Crippen LogP contribution in [-0.2, 0) is 0 Å². The predicted octanol–water partition coefficient (Wildman–Crippen LogP) is 5.10. The molecule has 0 spiro atoms. The van der Waals surface area contributed by atoms with Crippen LogP contribution < -0.4 is 5.32 Å². The summed E-state index contributed by atoms with van der Waals surface area (Å²) >= 11 is 1.72. The van der Waals surface area contributed by atoms with E-state index >= 15 is 0 Å². The van der Waals surface area contributed by atoms with Gasteiger partial charge in [-0.15, -0.1) is 11.8 Å². The van der Waals surface area contributed by atoms with Crippen molar-refractivity contribution in [2.75, 3.05) is 11.6 Å². The van der Waals surface area contributed by atoms with Crippen molar-refractivity contribution in [3.8, 4) is 16.9 Å². The largest absolute Gasteiger partial charge is 0.324 e. The fourth-order valence-corrected chi connectivity index (χ4v) is 3.21. The van der Waals surface area contributed by atoms with Crippen LogP contribution in [0.5, 0.6) is 0 Å². The molecule has 134 valence electrons. The number of hydrogen-bond donors (Lipinski definition) is 1. The molecule has 2 aromatic heterocycles. The fraction of sp³-hybridized carbons (Fsp3) is 0.0952. The van der Waals surface area contributed by atoms with Crippen LogP contribution in [0.25, 0.3) is 16.9 Å². The molecule has 5 nitrogen and oxygen atoms in total. The van der Waals surface area contributed by atoms with Crippen LogP contribution in [0.3, 0.4) is 0 Å². The zero-order valence-corrected chi connectivity index (χ0v) is 15.9. The van der Waals surface area contributed by atoms with Gasteiger partial charge in [0.25, 0.3) is 0 Å². The smallest absolute Gasteiger partial charge is 0.227 e. The number of aryl methyl sites for hydroxylation is 1. The highest BCUT2D eigenvalue weighted by molar-refractivity contribution is 7.98. The Morgan fingerprint density at radius 3 is 2.48 bits per heavy atom. The van der Waals surface area contributed by atoms with E-state index in [-0.39, 0.29) is 0 Å². The Morgan fingerprint density at radius 2 is 1.74 bits per heavy atom. The van der Waals surface area contributed by atoms with Crippen molar-refractivity contribution in [2.24, 2.45) is 0 Å². The van der Waals surface area contributed by atoms with Gasteiger partial charge < -0.3 is 5.32 Å². The second kappa shape index (κ2) is 7.63. The van der Waals surface area contributed by atoms with Crippen molar-refractivity contribution in [1.29, 1.82) is 0 Å². The molecule has 0 aliphatic rings. The number of hydrogen-bond acceptors (Lipinski definition) is 5. The van der Waals surface area contributed by atoms with E-state index in [1.165, 1.54) is 4.90 Å². The molecule has 2 aromatic carbocycles. The summed E-state index contributed by atoms with van der Waals surface area (Å²) in [5, 5.41) is 7.89. The minimum atomic E-state index is 0.566. The van der Waals surface area contributed by atoms with E-state index < -0.39 is 0 Å². The Bertz CT molecular complexity index is 1040. The van der Waals surface area contributed by atoms with Gasteiger partial charge in [0.1, 0.15) is 0 Å². The third kappa shape index (κ3) is 3.85. The average Bonchev–Trinajstić information content (AvgIpc) is 3.11. The lowest BCUT2D eigenvalue weighted by Gasteiger charge is -2.06. The number of nitrogens with zero attached hydrogens (tertiary/aromatic N) is 4. The van der Waals surface area contributed by atoms with Crippen molar-refractivity contribution in [2.45, 2.75) is 11.8 Å². The van der Waals surface area contributed by atoms with Crippen molar-refractivity contribution < 1.29 is 0 Å². The zero-order chi connectivity index (χ0) is 18.6. The Kier molecular flexibility index (Phi) is 4.89. The topological polar surface area (TPSA) is 55.6 Å². The molecule has 27 heavy (non-hydrogen) atoms. The van der Waals surface area contributed by atoms with Crippen LogP contribution in [0.4, 0.5) is 11.6 Å². The molecule has 0 unspecified atom stereocenters. The van der Waals surface area contributed by atoms with Crippen molar-refractivity contribution in [1.82, 2.24) is 19.7 Å². The quantitative estimate of drug-likeness (QED) is 0.493. The van der Waals surface area contributed by atoms with Crippen LogP contribution >= 0.6 is 11.8 Å². The van der Waals surface area contributed by atoms with Gasteiger partial charge in [-0.1, -0.05) is 18.2 Å². The van der Waals surface area contributed by atoms with Gasteiger partial charge in [0.15, 0.2) is 0 Å². The molecule has 0 bridgehead atoms. The molecule has 0 radical (unpaired) electrons. The van der Waals surface area contributed by atoms with Gasteiger partial charge in [0.05, 0.1) is 17.1 Å². The number of thioether (sulfide) groups is 1. The van der Waals surface area contributed by atoms with Crippen LogP contribution in [0.15, 0.2) is 78.0 Å². The summed E-state index contributed by atoms with van der Waals surface area (Å²) in [6.07, 6.45) is 5.83. The molecule has 0 aliphatic carbocycles. The lowest BCUT2D eigenvalue weighted by atomic mass is 10.2. The molecular weight excluding hydrogens is 354 g/mol. The highest BCUT2D eigenvalue weighted by Crippen LogP contribution is 2.24. The molecule has 2 heterocycles. The molecule has 4 rings (SSSR count). The van der Waals surface area contributed by atoms with Crippen molar-refractivity contribution in [3.05, 3.63) is 78.8 Å². The summed E-state index contributed by atoms with van der Waals surface area (Å²) in [6.45, 7) is 1.99. The first-order chi connectivity index (χ1) is 13.2. The highest BCUT2D eigenvalue weighted by Gasteiger charge is 2.11. The van der Waals surface area contributed by atoms with E-state index in [9.17, 15) is 0 Å². The fourth-order valence-electron chi connectivity index (χ4n) is 2.80. The third-order valence-corrected chi connectivity index (χ3v) is 4.94. The van der Waals surface area contributed by atoms with Gasteiger partial charge in [0.2, 0.25) is 5.95 Å². The Labute approximate surface area is 162 Å². The summed E-state index contributed by atoms with van der Waals surface area (Å²) in [5.74, 6) is 0.566. The lowest BCUT2D eigenvalue weighted by Crippen LogP contribution is -1.98. The first kappa shape index (κ1) is 17.3. The highest BCUT2D eigenvalue weighted by atomic mass is 32.2.